The first-order valence-corrected chi connectivity index (χ1v) is 7.67. The molecule has 0 bridgehead atoms. The van der Waals surface area contributed by atoms with Gasteiger partial charge in [-0.3, -0.25) is 0 Å². The summed E-state index contributed by atoms with van der Waals surface area (Å²) < 4.78 is 37.6. The van der Waals surface area contributed by atoms with Crippen LogP contribution in [-0.2, 0) is 6.42 Å². The first-order valence-electron chi connectivity index (χ1n) is 7.67. The Morgan fingerprint density at radius 2 is 1.72 bits per heavy atom. The van der Waals surface area contributed by atoms with Crippen molar-refractivity contribution in [1.29, 1.82) is 0 Å². The number of hydrogen-bond acceptors (Lipinski definition) is 3. The van der Waals surface area contributed by atoms with Crippen molar-refractivity contribution in [3.63, 3.8) is 0 Å². The summed E-state index contributed by atoms with van der Waals surface area (Å²) in [6, 6.07) is 7.65. The Balaban J connectivity index is 1.98. The minimum atomic E-state index is -0.631. The van der Waals surface area contributed by atoms with E-state index in [1.54, 1.807) is 25.1 Å². The SMILES string of the molecule is COc1ccc(NC(=O)NC(C)Cc2c(F)cccc2F)cc1OC. The zero-order chi connectivity index (χ0) is 18.4. The molecule has 0 saturated carbocycles. The maximum Gasteiger partial charge on any atom is 0.319 e. The molecule has 5 nitrogen and oxygen atoms in total. The zero-order valence-corrected chi connectivity index (χ0v) is 14.2. The lowest BCUT2D eigenvalue weighted by atomic mass is 10.1. The monoisotopic (exact) mass is 350 g/mol. The van der Waals surface area contributed by atoms with E-state index in [-0.39, 0.29) is 12.0 Å². The number of rotatable bonds is 6. The van der Waals surface area contributed by atoms with Gasteiger partial charge in [-0.15, -0.1) is 0 Å². The smallest absolute Gasteiger partial charge is 0.319 e. The van der Waals surface area contributed by atoms with Gasteiger partial charge in [-0.25, -0.2) is 13.6 Å². The topological polar surface area (TPSA) is 59.6 Å². The zero-order valence-electron chi connectivity index (χ0n) is 14.2. The lowest BCUT2D eigenvalue weighted by molar-refractivity contribution is 0.249. The van der Waals surface area contributed by atoms with Gasteiger partial charge in [-0.05, 0) is 37.6 Å². The van der Waals surface area contributed by atoms with Gasteiger partial charge in [0, 0.05) is 23.4 Å². The van der Waals surface area contributed by atoms with Crippen LogP contribution in [0.3, 0.4) is 0 Å². The van der Waals surface area contributed by atoms with E-state index < -0.39 is 23.7 Å². The molecule has 2 aromatic rings. The second-order valence-electron chi connectivity index (χ2n) is 5.47. The molecule has 2 amide bonds. The highest BCUT2D eigenvalue weighted by Crippen LogP contribution is 2.29. The summed E-state index contributed by atoms with van der Waals surface area (Å²) in [5.74, 6) is -0.249. The van der Waals surface area contributed by atoms with Crippen molar-refractivity contribution in [3.05, 3.63) is 53.6 Å². The molecule has 25 heavy (non-hydrogen) atoms. The van der Waals surface area contributed by atoms with Gasteiger partial charge in [0.15, 0.2) is 11.5 Å². The van der Waals surface area contributed by atoms with Crippen molar-refractivity contribution in [2.45, 2.75) is 19.4 Å². The van der Waals surface area contributed by atoms with Crippen LogP contribution in [0.4, 0.5) is 19.3 Å². The van der Waals surface area contributed by atoms with Crippen molar-refractivity contribution in [3.8, 4) is 11.5 Å². The molecule has 0 aliphatic heterocycles. The third-order valence-corrected chi connectivity index (χ3v) is 3.59. The average Bonchev–Trinajstić information content (AvgIpc) is 2.58. The van der Waals surface area contributed by atoms with Gasteiger partial charge < -0.3 is 20.1 Å². The Bertz CT molecular complexity index is 733. The third-order valence-electron chi connectivity index (χ3n) is 3.59. The van der Waals surface area contributed by atoms with Gasteiger partial charge in [-0.1, -0.05) is 6.07 Å². The molecular weight excluding hydrogens is 330 g/mol. The highest BCUT2D eigenvalue weighted by atomic mass is 19.1. The van der Waals surface area contributed by atoms with Gasteiger partial charge in [-0.2, -0.15) is 0 Å². The third kappa shape index (κ3) is 4.82. The fourth-order valence-corrected chi connectivity index (χ4v) is 2.39. The average molecular weight is 350 g/mol. The Morgan fingerprint density at radius 1 is 1.08 bits per heavy atom. The molecule has 2 N–H and O–H groups in total. The molecule has 0 saturated heterocycles. The molecule has 0 spiro atoms. The molecule has 0 aliphatic carbocycles. The minimum absolute atomic E-state index is 0.0395. The lowest BCUT2D eigenvalue weighted by Gasteiger charge is -2.16. The standard InChI is InChI=1S/C18H20F2N2O3/c1-11(9-13-14(19)5-4-6-15(13)20)21-18(23)22-12-7-8-16(24-2)17(10-12)25-3/h4-8,10-11H,9H2,1-3H3,(H2,21,22,23). The van der Waals surface area contributed by atoms with Crippen LogP contribution in [0.1, 0.15) is 12.5 Å². The van der Waals surface area contributed by atoms with Crippen LogP contribution in [0.25, 0.3) is 0 Å². The molecule has 134 valence electrons. The van der Waals surface area contributed by atoms with Crippen LogP contribution >= 0.6 is 0 Å². The van der Waals surface area contributed by atoms with Gasteiger partial charge >= 0.3 is 6.03 Å². The first-order chi connectivity index (χ1) is 11.9. The molecule has 0 aliphatic rings. The van der Waals surface area contributed by atoms with Crippen LogP contribution in [-0.4, -0.2) is 26.3 Å². The van der Waals surface area contributed by atoms with E-state index in [1.807, 2.05) is 0 Å². The molecule has 1 atom stereocenters. The van der Waals surface area contributed by atoms with E-state index in [4.69, 9.17) is 9.47 Å². The predicted molar refractivity (Wildman–Crippen MR) is 91.2 cm³/mol. The van der Waals surface area contributed by atoms with Crippen molar-refractivity contribution in [1.82, 2.24) is 5.32 Å². The van der Waals surface area contributed by atoms with Crippen LogP contribution in [0.15, 0.2) is 36.4 Å². The van der Waals surface area contributed by atoms with E-state index in [2.05, 4.69) is 10.6 Å². The van der Waals surface area contributed by atoms with Crippen LogP contribution < -0.4 is 20.1 Å². The second-order valence-corrected chi connectivity index (χ2v) is 5.47. The van der Waals surface area contributed by atoms with E-state index in [0.29, 0.717) is 17.2 Å². The molecular formula is C18H20F2N2O3. The number of carbonyl (C=O) groups excluding carboxylic acids is 1. The molecule has 0 heterocycles. The maximum atomic E-state index is 13.7. The number of anilines is 1. The summed E-state index contributed by atoms with van der Waals surface area (Å²) in [6.07, 6.45) is 0.0395. The summed E-state index contributed by atoms with van der Waals surface area (Å²) in [5, 5.41) is 5.28. The number of ether oxygens (including phenoxy) is 2. The summed E-state index contributed by atoms with van der Waals surface area (Å²) in [4.78, 5) is 12.1. The molecule has 0 fully saturated rings. The Hall–Kier alpha value is -2.83. The Kier molecular flexibility index (Phi) is 6.16. The highest BCUT2D eigenvalue weighted by Gasteiger charge is 2.15. The normalized spacial score (nSPS) is 11.6. The van der Waals surface area contributed by atoms with Gasteiger partial charge in [0.05, 0.1) is 14.2 Å². The van der Waals surface area contributed by atoms with Crippen LogP contribution in [0, 0.1) is 11.6 Å². The molecule has 2 aromatic carbocycles. The molecule has 7 heteroatoms. The van der Waals surface area contributed by atoms with Crippen molar-refractivity contribution in [2.75, 3.05) is 19.5 Å². The number of halogens is 2. The van der Waals surface area contributed by atoms with Gasteiger partial charge in [0.2, 0.25) is 0 Å². The van der Waals surface area contributed by atoms with Crippen molar-refractivity contribution < 1.29 is 23.0 Å². The number of methoxy groups -OCH3 is 2. The van der Waals surface area contributed by atoms with Gasteiger partial charge in [0.25, 0.3) is 0 Å². The van der Waals surface area contributed by atoms with E-state index in [1.165, 1.54) is 32.4 Å². The molecule has 0 radical (unpaired) electrons. The van der Waals surface area contributed by atoms with Crippen LogP contribution in [0.2, 0.25) is 0 Å². The van der Waals surface area contributed by atoms with Crippen LogP contribution in [0.5, 0.6) is 11.5 Å². The van der Waals surface area contributed by atoms with E-state index in [0.717, 1.165) is 0 Å². The number of carbonyl (C=O) groups is 1. The van der Waals surface area contributed by atoms with Gasteiger partial charge in [0.1, 0.15) is 11.6 Å². The maximum absolute atomic E-state index is 13.7. The van der Waals surface area contributed by atoms with Crippen molar-refractivity contribution in [2.24, 2.45) is 0 Å². The second kappa shape index (κ2) is 8.32. The fourth-order valence-electron chi connectivity index (χ4n) is 2.39. The summed E-state index contributed by atoms with van der Waals surface area (Å²) in [7, 11) is 3.01. The summed E-state index contributed by atoms with van der Waals surface area (Å²) >= 11 is 0. The minimum Gasteiger partial charge on any atom is -0.493 e. The summed E-state index contributed by atoms with van der Waals surface area (Å²) in [5.41, 5.74) is 0.445. The predicted octanol–water partition coefficient (Wildman–Crippen LogP) is 3.73. The Labute approximate surface area is 144 Å². The number of benzene rings is 2. The number of nitrogens with one attached hydrogen (secondary N) is 2. The molecule has 0 aromatic heterocycles. The first kappa shape index (κ1) is 18.5. The number of urea groups is 1. The Morgan fingerprint density at radius 3 is 2.32 bits per heavy atom. The van der Waals surface area contributed by atoms with E-state index in [9.17, 15) is 13.6 Å². The number of amides is 2. The quantitative estimate of drug-likeness (QED) is 0.834. The van der Waals surface area contributed by atoms with Crippen molar-refractivity contribution >= 4 is 11.7 Å². The highest BCUT2D eigenvalue weighted by molar-refractivity contribution is 5.89. The molecule has 1 unspecified atom stereocenters. The number of hydrogen-bond donors (Lipinski definition) is 2. The fraction of sp³-hybridized carbons (Fsp3) is 0.278. The lowest BCUT2D eigenvalue weighted by Crippen LogP contribution is -2.37. The molecule has 2 rings (SSSR count). The largest absolute Gasteiger partial charge is 0.493 e. The van der Waals surface area contributed by atoms with E-state index >= 15 is 0 Å². The summed E-state index contributed by atoms with van der Waals surface area (Å²) in [6.45, 7) is 1.67.